The number of carbonyl (C=O) groups is 1. The molecule has 2 aromatic carbocycles. The number of quaternary nitrogens is 1. The Bertz CT molecular complexity index is 1160. The molecule has 0 fully saturated rings. The minimum absolute atomic E-state index is 0.0189. The first-order chi connectivity index (χ1) is 14.2. The maximum absolute atomic E-state index is 12.6. The third kappa shape index (κ3) is 4.00. The van der Waals surface area contributed by atoms with Gasteiger partial charge in [-0.05, 0) is 36.6 Å². The molecule has 5 heteroatoms. The molecule has 1 amide bonds. The van der Waals surface area contributed by atoms with Crippen molar-refractivity contribution >= 4 is 33.4 Å². The van der Waals surface area contributed by atoms with Crippen LogP contribution in [0.5, 0.6) is 0 Å². The summed E-state index contributed by atoms with van der Waals surface area (Å²) in [4.78, 5) is 20.6. The van der Waals surface area contributed by atoms with Gasteiger partial charge in [0, 0.05) is 34.6 Å². The van der Waals surface area contributed by atoms with Gasteiger partial charge in [0.1, 0.15) is 0 Å². The van der Waals surface area contributed by atoms with E-state index in [1.807, 2.05) is 37.3 Å². The van der Waals surface area contributed by atoms with Gasteiger partial charge in [-0.2, -0.15) is 0 Å². The number of aromatic amines is 1. The molecule has 2 heterocycles. The van der Waals surface area contributed by atoms with E-state index in [4.69, 9.17) is 4.98 Å². The van der Waals surface area contributed by atoms with Gasteiger partial charge in [-0.3, -0.25) is 9.78 Å². The Morgan fingerprint density at radius 2 is 1.86 bits per heavy atom. The summed E-state index contributed by atoms with van der Waals surface area (Å²) < 4.78 is 0. The van der Waals surface area contributed by atoms with Gasteiger partial charge in [0.2, 0.25) is 0 Å². The van der Waals surface area contributed by atoms with E-state index in [1.54, 1.807) is 0 Å². The van der Waals surface area contributed by atoms with Gasteiger partial charge in [0.05, 0.1) is 17.7 Å². The lowest BCUT2D eigenvalue weighted by atomic mass is 10.1. The number of aromatic nitrogens is 2. The van der Waals surface area contributed by atoms with Crippen molar-refractivity contribution < 1.29 is 10.1 Å². The summed E-state index contributed by atoms with van der Waals surface area (Å²) in [7, 11) is 0. The number of nitrogens with zero attached hydrogens (tertiary/aromatic N) is 1. The number of nitrogens with two attached hydrogens (primary N) is 1. The third-order valence-electron chi connectivity index (χ3n) is 5.46. The Kier molecular flexibility index (Phi) is 5.58. The van der Waals surface area contributed by atoms with E-state index in [-0.39, 0.29) is 5.91 Å². The lowest BCUT2D eigenvalue weighted by Gasteiger charge is -2.14. The molecule has 148 valence electrons. The average molecular weight is 388 g/mol. The van der Waals surface area contributed by atoms with Gasteiger partial charge in [0.25, 0.3) is 5.91 Å². The summed E-state index contributed by atoms with van der Waals surface area (Å²) in [6.45, 7) is 5.40. The maximum atomic E-state index is 12.6. The Morgan fingerprint density at radius 1 is 1.10 bits per heavy atom. The largest absolute Gasteiger partial charge is 0.361 e. The molecule has 0 aliphatic rings. The van der Waals surface area contributed by atoms with Crippen LogP contribution in [0.2, 0.25) is 0 Å². The molecule has 4 rings (SSSR count). The lowest BCUT2D eigenvalue weighted by Crippen LogP contribution is -2.86. The highest BCUT2D eigenvalue weighted by atomic mass is 16.1. The van der Waals surface area contributed by atoms with Crippen LogP contribution in [-0.4, -0.2) is 29.0 Å². The zero-order valence-corrected chi connectivity index (χ0v) is 17.0. The number of rotatable bonds is 7. The molecule has 2 aromatic heterocycles. The molecule has 4 N–H and O–H groups in total. The molecule has 4 aromatic rings. The van der Waals surface area contributed by atoms with Crippen molar-refractivity contribution in [1.82, 2.24) is 9.97 Å². The van der Waals surface area contributed by atoms with Crippen LogP contribution >= 0.6 is 0 Å². The van der Waals surface area contributed by atoms with E-state index >= 15 is 0 Å². The van der Waals surface area contributed by atoms with E-state index in [9.17, 15) is 4.79 Å². The molecule has 0 unspecified atom stereocenters. The number of hydrogen-bond donors (Lipinski definition) is 3. The highest BCUT2D eigenvalue weighted by molar-refractivity contribution is 6.02. The number of carbonyl (C=O) groups excluding carboxylic acids is 1. The molecule has 5 nitrogen and oxygen atoms in total. The number of hydrogen-bond acceptors (Lipinski definition) is 2. The van der Waals surface area contributed by atoms with Crippen molar-refractivity contribution in [1.29, 1.82) is 0 Å². The Balaban J connectivity index is 1.39. The van der Waals surface area contributed by atoms with Crippen LogP contribution in [0.25, 0.3) is 21.8 Å². The maximum Gasteiger partial charge on any atom is 0.279 e. The van der Waals surface area contributed by atoms with Crippen molar-refractivity contribution in [3.05, 3.63) is 71.5 Å². The van der Waals surface area contributed by atoms with Crippen LogP contribution in [0, 0.1) is 6.92 Å². The van der Waals surface area contributed by atoms with Gasteiger partial charge < -0.3 is 15.6 Å². The molecule has 0 radical (unpaired) electrons. The average Bonchev–Trinajstić information content (AvgIpc) is 3.16. The van der Waals surface area contributed by atoms with Crippen molar-refractivity contribution in [3.63, 3.8) is 0 Å². The Morgan fingerprint density at radius 3 is 2.69 bits per heavy atom. The minimum Gasteiger partial charge on any atom is -0.361 e. The number of anilines is 1. The highest BCUT2D eigenvalue weighted by Gasteiger charge is 2.14. The van der Waals surface area contributed by atoms with E-state index in [0.717, 1.165) is 52.8 Å². The van der Waals surface area contributed by atoms with Crippen LogP contribution < -0.4 is 10.6 Å². The van der Waals surface area contributed by atoms with Gasteiger partial charge in [-0.25, -0.2) is 0 Å². The number of aryl methyl sites for hydroxylation is 1. The summed E-state index contributed by atoms with van der Waals surface area (Å²) in [6.07, 6.45) is 3.84. The predicted molar refractivity (Wildman–Crippen MR) is 118 cm³/mol. The standard InChI is InChI=1S/C24H26N4O/c1-3-20-16(2)24(19-9-5-7-11-22(19)27-20)28-23(29)15-25-13-12-17-14-26-21-10-6-4-8-18(17)21/h4-11,14,25-26H,3,12-13,15H2,1-2H3,(H,27,28,29)/p+1. The zero-order valence-electron chi connectivity index (χ0n) is 17.0. The summed E-state index contributed by atoms with van der Waals surface area (Å²) in [5.74, 6) is 0.0189. The number of fused-ring (bicyclic) bond motifs is 2. The Hall–Kier alpha value is -3.18. The molecule has 0 aliphatic heterocycles. The fraction of sp³-hybridized carbons (Fsp3) is 0.250. The predicted octanol–water partition coefficient (Wildman–Crippen LogP) is 3.33. The number of amides is 1. The van der Waals surface area contributed by atoms with Crippen LogP contribution in [-0.2, 0) is 17.6 Å². The monoisotopic (exact) mass is 387 g/mol. The minimum atomic E-state index is 0.0189. The number of para-hydroxylation sites is 2. The van der Waals surface area contributed by atoms with Crippen molar-refractivity contribution in [2.45, 2.75) is 26.7 Å². The first-order valence-electron chi connectivity index (χ1n) is 10.2. The molecule has 0 atom stereocenters. The van der Waals surface area contributed by atoms with Gasteiger partial charge >= 0.3 is 0 Å². The molecule has 29 heavy (non-hydrogen) atoms. The highest BCUT2D eigenvalue weighted by Crippen LogP contribution is 2.28. The molecule has 0 saturated carbocycles. The summed E-state index contributed by atoms with van der Waals surface area (Å²) >= 11 is 0. The van der Waals surface area contributed by atoms with Crippen molar-refractivity contribution in [3.8, 4) is 0 Å². The number of pyridine rings is 1. The van der Waals surface area contributed by atoms with E-state index < -0.39 is 0 Å². The molecule has 0 spiro atoms. The topological polar surface area (TPSA) is 74.4 Å². The number of nitrogens with one attached hydrogen (secondary N) is 2. The van der Waals surface area contributed by atoms with Crippen molar-refractivity contribution in [2.75, 3.05) is 18.4 Å². The zero-order chi connectivity index (χ0) is 20.2. The van der Waals surface area contributed by atoms with Gasteiger partial charge in [-0.1, -0.05) is 43.3 Å². The van der Waals surface area contributed by atoms with Crippen LogP contribution in [0.4, 0.5) is 5.69 Å². The van der Waals surface area contributed by atoms with Gasteiger partial charge in [0.15, 0.2) is 6.54 Å². The second kappa shape index (κ2) is 8.45. The normalized spacial score (nSPS) is 11.2. The van der Waals surface area contributed by atoms with E-state index in [1.165, 1.54) is 10.9 Å². The van der Waals surface area contributed by atoms with Crippen molar-refractivity contribution in [2.24, 2.45) is 0 Å². The Labute approximate surface area is 170 Å². The molecule has 0 saturated heterocycles. The molecule has 0 bridgehead atoms. The number of H-pyrrole nitrogens is 1. The van der Waals surface area contributed by atoms with E-state index in [2.05, 4.69) is 46.9 Å². The van der Waals surface area contributed by atoms with E-state index in [0.29, 0.717) is 6.54 Å². The lowest BCUT2D eigenvalue weighted by molar-refractivity contribution is -0.643. The fourth-order valence-electron chi connectivity index (χ4n) is 3.88. The molecular weight excluding hydrogens is 360 g/mol. The van der Waals surface area contributed by atoms with Crippen LogP contribution in [0.3, 0.4) is 0 Å². The second-order valence-electron chi connectivity index (χ2n) is 7.37. The third-order valence-corrected chi connectivity index (χ3v) is 5.46. The van der Waals surface area contributed by atoms with Crippen LogP contribution in [0.1, 0.15) is 23.7 Å². The first kappa shape index (κ1) is 19.2. The quantitative estimate of drug-likeness (QED) is 0.426. The SMILES string of the molecule is CCc1nc2ccccc2c(NC(=O)C[NH2+]CCc2c[nH]c3ccccc23)c1C. The summed E-state index contributed by atoms with van der Waals surface area (Å²) in [5, 5.41) is 7.46. The smallest absolute Gasteiger partial charge is 0.279 e. The molecular formula is C24H27N4O+. The van der Waals surface area contributed by atoms with Crippen LogP contribution in [0.15, 0.2) is 54.7 Å². The summed E-state index contributed by atoms with van der Waals surface area (Å²) in [6, 6.07) is 16.3. The fourth-order valence-corrected chi connectivity index (χ4v) is 3.88. The second-order valence-corrected chi connectivity index (χ2v) is 7.37. The first-order valence-corrected chi connectivity index (χ1v) is 10.2. The number of benzene rings is 2. The van der Waals surface area contributed by atoms with Gasteiger partial charge in [-0.15, -0.1) is 0 Å². The summed E-state index contributed by atoms with van der Waals surface area (Å²) in [5.41, 5.74) is 6.35. The molecule has 0 aliphatic carbocycles.